The molecule has 0 aromatic heterocycles. The summed E-state index contributed by atoms with van der Waals surface area (Å²) in [6.45, 7) is 4.25. The number of nitrogens with one attached hydrogen (secondary N) is 3. The second-order valence-corrected chi connectivity index (χ2v) is 5.99. The standard InChI is InChI=1S/C19H24ClN3O2/c1-3-21-13-14-5-4-6-16(11-14)23-19(24)9-10-22-17-12-15(20)7-8-18(17)25-2/h4-8,11-12,21-22H,3,9-10,13H2,1-2H3,(H,23,24). The van der Waals surface area contributed by atoms with Crippen LogP contribution in [-0.4, -0.2) is 26.1 Å². The van der Waals surface area contributed by atoms with Crippen molar-refractivity contribution < 1.29 is 9.53 Å². The lowest BCUT2D eigenvalue weighted by Gasteiger charge is -2.12. The van der Waals surface area contributed by atoms with Gasteiger partial charge >= 0.3 is 0 Å². The lowest BCUT2D eigenvalue weighted by Crippen LogP contribution is -2.17. The lowest BCUT2D eigenvalue weighted by molar-refractivity contribution is -0.115. The van der Waals surface area contributed by atoms with Crippen LogP contribution >= 0.6 is 11.6 Å². The van der Waals surface area contributed by atoms with Crippen molar-refractivity contribution in [3.05, 3.63) is 53.1 Å². The number of ether oxygens (including phenoxy) is 1. The number of rotatable bonds is 9. The molecule has 0 aliphatic rings. The molecule has 0 saturated carbocycles. The van der Waals surface area contributed by atoms with Crippen LogP contribution in [0.25, 0.3) is 0 Å². The summed E-state index contributed by atoms with van der Waals surface area (Å²) in [4.78, 5) is 12.1. The molecular weight excluding hydrogens is 338 g/mol. The van der Waals surface area contributed by atoms with Crippen LogP contribution in [0.5, 0.6) is 5.75 Å². The van der Waals surface area contributed by atoms with E-state index in [0.29, 0.717) is 23.7 Å². The third kappa shape index (κ3) is 6.29. The summed E-state index contributed by atoms with van der Waals surface area (Å²) in [6.07, 6.45) is 0.340. The Balaban J connectivity index is 1.84. The predicted molar refractivity (Wildman–Crippen MR) is 104 cm³/mol. The summed E-state index contributed by atoms with van der Waals surface area (Å²) in [5.41, 5.74) is 2.72. The first-order valence-electron chi connectivity index (χ1n) is 8.29. The Morgan fingerprint density at radius 2 is 2.04 bits per heavy atom. The van der Waals surface area contributed by atoms with Crippen LogP contribution in [0.4, 0.5) is 11.4 Å². The number of hydrogen-bond acceptors (Lipinski definition) is 4. The van der Waals surface area contributed by atoms with Crippen molar-refractivity contribution in [1.29, 1.82) is 0 Å². The molecule has 0 fully saturated rings. The van der Waals surface area contributed by atoms with Crippen LogP contribution in [0.3, 0.4) is 0 Å². The molecule has 2 rings (SSSR count). The van der Waals surface area contributed by atoms with E-state index in [9.17, 15) is 4.79 Å². The Labute approximate surface area is 153 Å². The maximum atomic E-state index is 12.1. The normalized spacial score (nSPS) is 10.4. The van der Waals surface area contributed by atoms with Crippen molar-refractivity contribution >= 4 is 28.9 Å². The molecule has 0 unspecified atom stereocenters. The maximum Gasteiger partial charge on any atom is 0.226 e. The highest BCUT2D eigenvalue weighted by Crippen LogP contribution is 2.27. The van der Waals surface area contributed by atoms with Gasteiger partial charge in [0.1, 0.15) is 5.75 Å². The minimum Gasteiger partial charge on any atom is -0.495 e. The van der Waals surface area contributed by atoms with E-state index in [-0.39, 0.29) is 5.91 Å². The van der Waals surface area contributed by atoms with Crippen LogP contribution in [-0.2, 0) is 11.3 Å². The molecule has 134 valence electrons. The zero-order valence-electron chi connectivity index (χ0n) is 14.6. The number of methoxy groups -OCH3 is 1. The van der Waals surface area contributed by atoms with Crippen molar-refractivity contribution in [2.45, 2.75) is 19.9 Å². The highest BCUT2D eigenvalue weighted by atomic mass is 35.5. The molecule has 0 heterocycles. The highest BCUT2D eigenvalue weighted by Gasteiger charge is 2.06. The Hall–Kier alpha value is -2.24. The van der Waals surface area contributed by atoms with E-state index >= 15 is 0 Å². The quantitative estimate of drug-likeness (QED) is 0.634. The second-order valence-electron chi connectivity index (χ2n) is 5.55. The first-order valence-corrected chi connectivity index (χ1v) is 8.67. The molecule has 0 aliphatic carbocycles. The third-order valence-corrected chi connectivity index (χ3v) is 3.85. The number of amides is 1. The predicted octanol–water partition coefficient (Wildman–Crippen LogP) is 3.90. The van der Waals surface area contributed by atoms with Gasteiger partial charge in [-0.15, -0.1) is 0 Å². The van der Waals surface area contributed by atoms with Gasteiger partial charge in [0.2, 0.25) is 5.91 Å². The zero-order valence-corrected chi connectivity index (χ0v) is 15.3. The molecule has 0 saturated heterocycles. The topological polar surface area (TPSA) is 62.4 Å². The summed E-state index contributed by atoms with van der Waals surface area (Å²) in [6, 6.07) is 13.2. The highest BCUT2D eigenvalue weighted by molar-refractivity contribution is 6.30. The Kier molecular flexibility index (Phi) is 7.57. The van der Waals surface area contributed by atoms with Gasteiger partial charge in [-0.1, -0.05) is 30.7 Å². The molecule has 0 aliphatic heterocycles. The van der Waals surface area contributed by atoms with E-state index < -0.39 is 0 Å². The van der Waals surface area contributed by atoms with Crippen molar-refractivity contribution in [2.24, 2.45) is 0 Å². The molecule has 2 aromatic rings. The van der Waals surface area contributed by atoms with E-state index in [1.54, 1.807) is 25.3 Å². The van der Waals surface area contributed by atoms with Crippen LogP contribution < -0.4 is 20.7 Å². The summed E-state index contributed by atoms with van der Waals surface area (Å²) in [7, 11) is 1.60. The lowest BCUT2D eigenvalue weighted by atomic mass is 10.2. The molecule has 2 aromatic carbocycles. The number of carbonyl (C=O) groups excluding carboxylic acids is 1. The largest absolute Gasteiger partial charge is 0.495 e. The average molecular weight is 362 g/mol. The van der Waals surface area contributed by atoms with Crippen molar-refractivity contribution in [3.63, 3.8) is 0 Å². The molecule has 0 radical (unpaired) electrons. The molecule has 1 amide bonds. The molecule has 3 N–H and O–H groups in total. The number of carbonyl (C=O) groups is 1. The summed E-state index contributed by atoms with van der Waals surface area (Å²) >= 11 is 5.99. The first kappa shape index (κ1) is 19.1. The van der Waals surface area contributed by atoms with Crippen LogP contribution in [0.1, 0.15) is 18.9 Å². The minimum atomic E-state index is -0.0471. The zero-order chi connectivity index (χ0) is 18.1. The molecule has 6 heteroatoms. The van der Waals surface area contributed by atoms with E-state index in [4.69, 9.17) is 16.3 Å². The number of anilines is 2. The summed E-state index contributed by atoms with van der Waals surface area (Å²) in [5, 5.41) is 9.99. The molecule has 0 spiro atoms. The van der Waals surface area contributed by atoms with Gasteiger partial charge in [0.05, 0.1) is 12.8 Å². The Morgan fingerprint density at radius 1 is 1.20 bits per heavy atom. The van der Waals surface area contributed by atoms with Crippen LogP contribution in [0.2, 0.25) is 5.02 Å². The first-order chi connectivity index (χ1) is 12.1. The summed E-state index contributed by atoms with van der Waals surface area (Å²) in [5.74, 6) is 0.648. The fourth-order valence-electron chi connectivity index (χ4n) is 2.38. The van der Waals surface area contributed by atoms with Gasteiger partial charge < -0.3 is 20.7 Å². The van der Waals surface area contributed by atoms with Gasteiger partial charge in [-0.3, -0.25) is 4.79 Å². The maximum absolute atomic E-state index is 12.1. The van der Waals surface area contributed by atoms with Gasteiger partial charge in [-0.05, 0) is 42.4 Å². The van der Waals surface area contributed by atoms with Gasteiger partial charge in [0.25, 0.3) is 0 Å². The van der Waals surface area contributed by atoms with Crippen molar-refractivity contribution in [3.8, 4) is 5.75 Å². The van der Waals surface area contributed by atoms with Gasteiger partial charge in [-0.25, -0.2) is 0 Å². The molecular formula is C19H24ClN3O2. The van der Waals surface area contributed by atoms with E-state index in [2.05, 4.69) is 22.9 Å². The fraction of sp³-hybridized carbons (Fsp3) is 0.316. The average Bonchev–Trinajstić information content (AvgIpc) is 2.60. The number of hydrogen-bond donors (Lipinski definition) is 3. The molecule has 25 heavy (non-hydrogen) atoms. The van der Waals surface area contributed by atoms with Gasteiger partial charge in [0.15, 0.2) is 0 Å². The molecule has 0 atom stereocenters. The smallest absolute Gasteiger partial charge is 0.226 e. The van der Waals surface area contributed by atoms with E-state index in [1.807, 2.05) is 24.3 Å². The van der Waals surface area contributed by atoms with Crippen LogP contribution in [0.15, 0.2) is 42.5 Å². The molecule has 5 nitrogen and oxygen atoms in total. The van der Waals surface area contributed by atoms with Crippen LogP contribution in [0, 0.1) is 0 Å². The van der Waals surface area contributed by atoms with Crippen molar-refractivity contribution in [1.82, 2.24) is 5.32 Å². The monoisotopic (exact) mass is 361 g/mol. The SMILES string of the molecule is CCNCc1cccc(NC(=O)CCNc2cc(Cl)ccc2OC)c1. The van der Waals surface area contributed by atoms with Gasteiger partial charge in [-0.2, -0.15) is 0 Å². The third-order valence-electron chi connectivity index (χ3n) is 3.62. The van der Waals surface area contributed by atoms with Gasteiger partial charge in [0, 0.05) is 30.2 Å². The van der Waals surface area contributed by atoms with Crippen molar-refractivity contribution in [2.75, 3.05) is 30.8 Å². The Bertz CT molecular complexity index is 707. The minimum absolute atomic E-state index is 0.0471. The Morgan fingerprint density at radius 3 is 2.80 bits per heavy atom. The number of halogens is 1. The van der Waals surface area contributed by atoms with E-state index in [1.165, 1.54) is 0 Å². The molecule has 0 bridgehead atoms. The summed E-state index contributed by atoms with van der Waals surface area (Å²) < 4.78 is 5.27. The fourth-order valence-corrected chi connectivity index (χ4v) is 2.55. The number of benzene rings is 2. The second kappa shape index (κ2) is 9.91. The van der Waals surface area contributed by atoms with E-state index in [0.717, 1.165) is 30.0 Å².